The van der Waals surface area contributed by atoms with E-state index >= 15 is 0 Å². The Bertz CT molecular complexity index is 711. The van der Waals surface area contributed by atoms with E-state index in [9.17, 15) is 14.4 Å². The van der Waals surface area contributed by atoms with E-state index in [4.69, 9.17) is 10.5 Å². The van der Waals surface area contributed by atoms with Gasteiger partial charge < -0.3 is 25.4 Å². The van der Waals surface area contributed by atoms with Gasteiger partial charge in [0.1, 0.15) is 5.60 Å². The van der Waals surface area contributed by atoms with Crippen LogP contribution in [0.2, 0.25) is 0 Å². The highest BCUT2D eigenvalue weighted by molar-refractivity contribution is 6.00. The summed E-state index contributed by atoms with van der Waals surface area (Å²) in [7, 11) is 1.29. The summed E-state index contributed by atoms with van der Waals surface area (Å²) in [4.78, 5) is 37.3. The number of nitrogens with two attached hydrogens (primary N) is 1. The number of hydrogen-bond acceptors (Lipinski definition) is 6. The Labute approximate surface area is 152 Å². The predicted molar refractivity (Wildman–Crippen MR) is 96.9 cm³/mol. The minimum Gasteiger partial charge on any atom is -0.465 e. The quantitative estimate of drug-likeness (QED) is 0.626. The summed E-state index contributed by atoms with van der Waals surface area (Å²) in [6, 6.07) is 4.42. The topological polar surface area (TPSA) is 111 Å². The number of ether oxygens (including phenoxy) is 2. The van der Waals surface area contributed by atoms with Gasteiger partial charge in [-0.15, -0.1) is 0 Å². The molecule has 2 rings (SSSR count). The Morgan fingerprint density at radius 2 is 2.04 bits per heavy atom. The highest BCUT2D eigenvalue weighted by Crippen LogP contribution is 2.32. The number of alkyl carbamates (subject to hydrolysis) is 1. The molecular weight excluding hydrogens is 338 g/mol. The minimum atomic E-state index is -0.594. The Hall–Kier alpha value is -2.77. The van der Waals surface area contributed by atoms with E-state index in [2.05, 4.69) is 10.1 Å². The zero-order valence-corrected chi connectivity index (χ0v) is 15.5. The van der Waals surface area contributed by atoms with Crippen LogP contribution in [0.5, 0.6) is 0 Å². The van der Waals surface area contributed by atoms with E-state index in [1.165, 1.54) is 13.2 Å². The average molecular weight is 363 g/mol. The first-order chi connectivity index (χ1) is 12.1. The van der Waals surface area contributed by atoms with Crippen LogP contribution < -0.4 is 16.0 Å². The third-order valence-corrected chi connectivity index (χ3v) is 3.91. The van der Waals surface area contributed by atoms with Crippen molar-refractivity contribution in [2.24, 2.45) is 0 Å². The lowest BCUT2D eigenvalue weighted by Gasteiger charge is -2.27. The van der Waals surface area contributed by atoms with Crippen molar-refractivity contribution in [2.75, 3.05) is 24.3 Å². The normalized spacial score (nSPS) is 17.2. The van der Waals surface area contributed by atoms with E-state index in [-0.39, 0.29) is 18.5 Å². The molecule has 0 aromatic heterocycles. The van der Waals surface area contributed by atoms with Gasteiger partial charge >= 0.3 is 12.1 Å². The highest BCUT2D eigenvalue weighted by Gasteiger charge is 2.34. The van der Waals surface area contributed by atoms with Gasteiger partial charge in [-0.3, -0.25) is 4.79 Å². The number of benzene rings is 1. The van der Waals surface area contributed by atoms with E-state index < -0.39 is 17.7 Å². The molecule has 1 heterocycles. The number of hydrogen-bond donors (Lipinski definition) is 2. The summed E-state index contributed by atoms with van der Waals surface area (Å²) in [6.07, 6.45) is 0.414. The highest BCUT2D eigenvalue weighted by atomic mass is 16.6. The number of nitrogen functional groups attached to an aromatic ring is 1. The van der Waals surface area contributed by atoms with Crippen LogP contribution in [-0.2, 0) is 14.3 Å². The number of nitrogens with one attached hydrogen (secondary N) is 1. The average Bonchev–Trinajstić information content (AvgIpc) is 2.91. The fourth-order valence-corrected chi connectivity index (χ4v) is 2.80. The van der Waals surface area contributed by atoms with Crippen LogP contribution in [0, 0.1) is 0 Å². The number of rotatable bonds is 4. The van der Waals surface area contributed by atoms with E-state index in [0.29, 0.717) is 29.8 Å². The molecule has 1 aliphatic rings. The lowest BCUT2D eigenvalue weighted by molar-refractivity contribution is -0.117. The van der Waals surface area contributed by atoms with Crippen molar-refractivity contribution in [2.45, 2.75) is 45.3 Å². The fourth-order valence-electron chi connectivity index (χ4n) is 2.80. The lowest BCUT2D eigenvalue weighted by atomic mass is 10.1. The van der Waals surface area contributed by atoms with Gasteiger partial charge in [-0.2, -0.15) is 0 Å². The molecule has 26 heavy (non-hydrogen) atoms. The van der Waals surface area contributed by atoms with Crippen molar-refractivity contribution >= 4 is 29.3 Å². The molecule has 1 fully saturated rings. The maximum atomic E-state index is 12.3. The Morgan fingerprint density at radius 1 is 1.35 bits per heavy atom. The maximum Gasteiger partial charge on any atom is 0.407 e. The summed E-state index contributed by atoms with van der Waals surface area (Å²) in [5.74, 6) is -0.586. The van der Waals surface area contributed by atoms with E-state index in [0.717, 1.165) is 0 Å². The number of carbonyl (C=O) groups is 3. The number of esters is 1. The van der Waals surface area contributed by atoms with Gasteiger partial charge in [0, 0.05) is 13.0 Å². The molecule has 0 spiro atoms. The Morgan fingerprint density at radius 3 is 2.62 bits per heavy atom. The molecule has 142 valence electrons. The van der Waals surface area contributed by atoms with Crippen molar-refractivity contribution < 1.29 is 23.9 Å². The number of anilines is 2. The molecular formula is C18H25N3O5. The summed E-state index contributed by atoms with van der Waals surface area (Å²) >= 11 is 0. The summed E-state index contributed by atoms with van der Waals surface area (Å²) in [6.45, 7) is 5.59. The first-order valence-corrected chi connectivity index (χ1v) is 8.39. The van der Waals surface area contributed by atoms with Crippen molar-refractivity contribution in [1.29, 1.82) is 0 Å². The summed E-state index contributed by atoms with van der Waals surface area (Å²) in [5, 5.41) is 2.69. The monoisotopic (exact) mass is 363 g/mol. The van der Waals surface area contributed by atoms with Gasteiger partial charge in [0.25, 0.3) is 0 Å². The summed E-state index contributed by atoms with van der Waals surface area (Å²) < 4.78 is 9.88. The third kappa shape index (κ3) is 4.65. The molecule has 1 aromatic carbocycles. The Balaban J connectivity index is 2.12. The van der Waals surface area contributed by atoms with Crippen molar-refractivity contribution in [3.05, 3.63) is 23.8 Å². The van der Waals surface area contributed by atoms with Crippen molar-refractivity contribution in [3.8, 4) is 0 Å². The number of carbonyl (C=O) groups excluding carboxylic acids is 3. The molecule has 1 aromatic rings. The molecule has 1 aliphatic heterocycles. The molecule has 1 unspecified atom stereocenters. The van der Waals surface area contributed by atoms with Gasteiger partial charge in [0.15, 0.2) is 0 Å². The fraction of sp³-hybridized carbons (Fsp3) is 0.500. The van der Waals surface area contributed by atoms with Crippen LogP contribution in [0.1, 0.15) is 44.0 Å². The second kappa shape index (κ2) is 7.63. The molecule has 1 atom stereocenters. The molecule has 2 amide bonds. The molecule has 1 saturated heterocycles. The largest absolute Gasteiger partial charge is 0.465 e. The van der Waals surface area contributed by atoms with Crippen LogP contribution >= 0.6 is 0 Å². The van der Waals surface area contributed by atoms with E-state index in [1.807, 2.05) is 0 Å². The van der Waals surface area contributed by atoms with Crippen LogP contribution in [0.15, 0.2) is 18.2 Å². The van der Waals surface area contributed by atoms with Gasteiger partial charge in [-0.05, 0) is 45.4 Å². The van der Waals surface area contributed by atoms with Crippen LogP contribution in [0.25, 0.3) is 0 Å². The van der Waals surface area contributed by atoms with Crippen LogP contribution in [0.4, 0.5) is 16.2 Å². The van der Waals surface area contributed by atoms with Gasteiger partial charge in [0.2, 0.25) is 5.91 Å². The number of amides is 2. The molecule has 0 radical (unpaired) electrons. The van der Waals surface area contributed by atoms with Gasteiger partial charge in [-0.25, -0.2) is 9.59 Å². The zero-order chi connectivity index (χ0) is 19.5. The van der Waals surface area contributed by atoms with Crippen molar-refractivity contribution in [3.63, 3.8) is 0 Å². The van der Waals surface area contributed by atoms with E-state index in [1.54, 1.807) is 37.8 Å². The smallest absolute Gasteiger partial charge is 0.407 e. The first-order valence-electron chi connectivity index (χ1n) is 8.39. The lowest BCUT2D eigenvalue weighted by Crippen LogP contribution is -2.43. The molecule has 3 N–H and O–H groups in total. The second-order valence-electron chi connectivity index (χ2n) is 7.10. The molecule has 8 nitrogen and oxygen atoms in total. The molecule has 0 aliphatic carbocycles. The molecule has 0 saturated carbocycles. The Kier molecular flexibility index (Phi) is 5.74. The standard InChI is InChI=1S/C18H25N3O5/c1-18(2,3)26-17(24)20-10-12-6-8-15(22)21(12)14-7-5-11(9-13(14)19)16(23)25-4/h5,7,9,12H,6,8,10,19H2,1-4H3,(H,20,24). The van der Waals surface area contributed by atoms with Crippen molar-refractivity contribution in [1.82, 2.24) is 5.32 Å². The van der Waals surface area contributed by atoms with Crippen LogP contribution in [0.3, 0.4) is 0 Å². The second-order valence-corrected chi connectivity index (χ2v) is 7.10. The summed E-state index contributed by atoms with van der Waals surface area (Å²) in [5.41, 5.74) is 6.57. The molecule has 8 heteroatoms. The SMILES string of the molecule is COC(=O)c1ccc(N2C(=O)CCC2CNC(=O)OC(C)(C)C)c(N)c1. The minimum absolute atomic E-state index is 0.0847. The molecule has 0 bridgehead atoms. The number of nitrogens with zero attached hydrogens (tertiary/aromatic N) is 1. The first kappa shape index (κ1) is 19.6. The predicted octanol–water partition coefficient (Wildman–Crippen LogP) is 2.08. The van der Waals surface area contributed by atoms with Gasteiger partial charge in [0.05, 0.1) is 30.1 Å². The van der Waals surface area contributed by atoms with Gasteiger partial charge in [-0.1, -0.05) is 0 Å². The van der Waals surface area contributed by atoms with Crippen LogP contribution in [-0.4, -0.2) is 43.3 Å². The third-order valence-electron chi connectivity index (χ3n) is 3.91. The number of methoxy groups -OCH3 is 1. The maximum absolute atomic E-state index is 12.3. The zero-order valence-electron chi connectivity index (χ0n) is 15.5.